The number of aromatic nitrogens is 1. The number of nitrogens with one attached hydrogen (secondary N) is 1. The lowest BCUT2D eigenvalue weighted by Crippen LogP contribution is -2.11. The Kier molecular flexibility index (Phi) is 4.46. The summed E-state index contributed by atoms with van der Waals surface area (Å²) in [6.07, 6.45) is 1.41. The molecule has 0 amide bonds. The molecule has 0 spiro atoms. The third-order valence-electron chi connectivity index (χ3n) is 3.27. The van der Waals surface area contributed by atoms with Crippen LogP contribution in [0.5, 0.6) is 0 Å². The lowest BCUT2D eigenvalue weighted by Gasteiger charge is -2.02. The Hall–Kier alpha value is -2.86. The number of fused-ring (bicyclic) bond motifs is 1. The summed E-state index contributed by atoms with van der Waals surface area (Å²) in [6, 6.07) is 12.7. The molecule has 0 radical (unpaired) electrons. The zero-order valence-electron chi connectivity index (χ0n) is 12.6. The minimum absolute atomic E-state index is 0.00151. The maximum Gasteiger partial charge on any atom is 0.239 e. The molecule has 0 atom stereocenters. The van der Waals surface area contributed by atoms with E-state index in [4.69, 9.17) is 21.2 Å². The number of nitriles is 1. The van der Waals surface area contributed by atoms with Gasteiger partial charge in [-0.3, -0.25) is 0 Å². The molecule has 7 nitrogen and oxygen atoms in total. The van der Waals surface area contributed by atoms with Gasteiger partial charge in [-0.2, -0.15) is 5.26 Å². The van der Waals surface area contributed by atoms with Crippen LogP contribution in [-0.2, 0) is 10.0 Å². The van der Waals surface area contributed by atoms with Crippen molar-refractivity contribution in [3.8, 4) is 6.07 Å². The number of halogens is 1. The summed E-state index contributed by atoms with van der Waals surface area (Å²) in [5.74, 6) is 0.147. The number of nitrogens with zero attached hydrogens (tertiary/aromatic N) is 2. The first-order valence-electron chi connectivity index (χ1n) is 6.93. The molecule has 3 N–H and O–H groups in total. The molecule has 3 aromatic rings. The average molecular weight is 375 g/mol. The topological polar surface area (TPSA) is 122 Å². The number of hydrogen-bond acceptors (Lipinski definition) is 6. The van der Waals surface area contributed by atoms with Crippen molar-refractivity contribution < 1.29 is 12.8 Å². The summed E-state index contributed by atoms with van der Waals surface area (Å²) in [5, 5.41) is 17.7. The molecule has 2 aromatic carbocycles. The third-order valence-corrected chi connectivity index (χ3v) is 4.43. The standard InChI is InChI=1S/C16H11ClN4O3S/c17-11-1-6-15-14(7-11)21-16(24-15)10(8-18)9-20-12-2-4-13(5-3-12)25(19,22)23/h1-7,9,20H,(H2,19,22,23)/b10-9-. The molecule has 0 aliphatic carbocycles. The largest absolute Gasteiger partial charge is 0.435 e. The van der Waals surface area contributed by atoms with Gasteiger partial charge in [0.25, 0.3) is 0 Å². The van der Waals surface area contributed by atoms with E-state index in [1.54, 1.807) is 18.2 Å². The Morgan fingerprint density at radius 2 is 2.00 bits per heavy atom. The van der Waals surface area contributed by atoms with E-state index in [9.17, 15) is 13.7 Å². The molecule has 126 valence electrons. The van der Waals surface area contributed by atoms with E-state index in [2.05, 4.69) is 10.3 Å². The maximum atomic E-state index is 11.2. The van der Waals surface area contributed by atoms with Crippen molar-refractivity contribution in [3.63, 3.8) is 0 Å². The number of anilines is 1. The normalized spacial score (nSPS) is 12.1. The summed E-state index contributed by atoms with van der Waals surface area (Å²) in [6.45, 7) is 0. The molecule has 25 heavy (non-hydrogen) atoms. The molecule has 1 heterocycles. The minimum atomic E-state index is -3.75. The van der Waals surface area contributed by atoms with E-state index in [-0.39, 0.29) is 16.4 Å². The molecule has 0 aliphatic rings. The van der Waals surface area contributed by atoms with Gasteiger partial charge in [0.05, 0.1) is 4.90 Å². The molecule has 9 heteroatoms. The zero-order chi connectivity index (χ0) is 18.0. The van der Waals surface area contributed by atoms with E-state index >= 15 is 0 Å². The highest BCUT2D eigenvalue weighted by molar-refractivity contribution is 7.89. The van der Waals surface area contributed by atoms with Gasteiger partial charge in [0.2, 0.25) is 15.9 Å². The highest BCUT2D eigenvalue weighted by Crippen LogP contribution is 2.23. The van der Waals surface area contributed by atoms with Gasteiger partial charge in [0, 0.05) is 16.9 Å². The van der Waals surface area contributed by atoms with Crippen molar-refractivity contribution in [2.45, 2.75) is 4.90 Å². The van der Waals surface area contributed by atoms with Gasteiger partial charge in [0.1, 0.15) is 17.2 Å². The fourth-order valence-corrected chi connectivity index (χ4v) is 2.74. The summed E-state index contributed by atoms with van der Waals surface area (Å²) in [5.41, 5.74) is 1.79. The number of benzene rings is 2. The molecule has 0 aliphatic heterocycles. The second-order valence-corrected chi connectivity index (χ2v) is 7.01. The highest BCUT2D eigenvalue weighted by atomic mass is 35.5. The van der Waals surface area contributed by atoms with E-state index in [0.29, 0.717) is 21.8 Å². The Balaban J connectivity index is 1.86. The number of primary sulfonamides is 1. The molecule has 0 saturated heterocycles. The molecular formula is C16H11ClN4O3S. The van der Waals surface area contributed by atoms with Crippen molar-refractivity contribution in [1.82, 2.24) is 4.98 Å². The van der Waals surface area contributed by atoms with E-state index in [1.807, 2.05) is 6.07 Å². The van der Waals surface area contributed by atoms with Gasteiger partial charge in [-0.25, -0.2) is 18.5 Å². The number of oxazole rings is 1. The number of allylic oxidation sites excluding steroid dienone is 1. The van der Waals surface area contributed by atoms with Crippen LogP contribution in [0, 0.1) is 11.3 Å². The molecule has 0 saturated carbocycles. The van der Waals surface area contributed by atoms with Gasteiger partial charge in [0.15, 0.2) is 5.58 Å². The van der Waals surface area contributed by atoms with Crippen LogP contribution in [0.4, 0.5) is 5.69 Å². The van der Waals surface area contributed by atoms with Crippen molar-refractivity contribution >= 4 is 44.0 Å². The predicted molar refractivity (Wildman–Crippen MR) is 94.0 cm³/mol. The highest BCUT2D eigenvalue weighted by Gasteiger charge is 2.11. The van der Waals surface area contributed by atoms with E-state index < -0.39 is 10.0 Å². The van der Waals surface area contributed by atoms with Crippen LogP contribution in [-0.4, -0.2) is 13.4 Å². The van der Waals surface area contributed by atoms with Gasteiger partial charge >= 0.3 is 0 Å². The van der Waals surface area contributed by atoms with Gasteiger partial charge in [-0.05, 0) is 42.5 Å². The fraction of sp³-hybridized carbons (Fsp3) is 0. The minimum Gasteiger partial charge on any atom is -0.435 e. The lowest BCUT2D eigenvalue weighted by atomic mass is 10.3. The molecule has 1 aromatic heterocycles. The second-order valence-electron chi connectivity index (χ2n) is 5.01. The Morgan fingerprint density at radius 3 is 2.64 bits per heavy atom. The van der Waals surface area contributed by atoms with Crippen LogP contribution in [0.1, 0.15) is 5.89 Å². The van der Waals surface area contributed by atoms with Crippen molar-refractivity contribution in [2.24, 2.45) is 5.14 Å². The van der Waals surface area contributed by atoms with Crippen LogP contribution in [0.25, 0.3) is 16.7 Å². The quantitative estimate of drug-likeness (QED) is 0.676. The summed E-state index contributed by atoms with van der Waals surface area (Å²) >= 11 is 5.90. The molecular weight excluding hydrogens is 364 g/mol. The van der Waals surface area contributed by atoms with Crippen molar-refractivity contribution in [3.05, 3.63) is 59.6 Å². The maximum absolute atomic E-state index is 11.2. The van der Waals surface area contributed by atoms with E-state index in [1.165, 1.54) is 30.5 Å². The number of hydrogen-bond donors (Lipinski definition) is 2. The van der Waals surface area contributed by atoms with E-state index in [0.717, 1.165) is 0 Å². The Bertz CT molecular complexity index is 1110. The molecule has 3 rings (SSSR count). The summed E-state index contributed by atoms with van der Waals surface area (Å²) in [7, 11) is -3.75. The van der Waals surface area contributed by atoms with Gasteiger partial charge in [-0.1, -0.05) is 11.6 Å². The second kappa shape index (κ2) is 6.57. The Labute approximate surface area is 148 Å². The van der Waals surface area contributed by atoms with Crippen LogP contribution in [0.15, 0.2) is 58.0 Å². The molecule has 0 fully saturated rings. The summed E-state index contributed by atoms with van der Waals surface area (Å²) < 4.78 is 28.0. The van der Waals surface area contributed by atoms with Crippen LogP contribution >= 0.6 is 11.6 Å². The SMILES string of the molecule is N#C/C(=C/Nc1ccc(S(N)(=O)=O)cc1)c1nc2cc(Cl)ccc2o1. The number of nitrogens with two attached hydrogens (primary N) is 1. The van der Waals surface area contributed by atoms with Crippen LogP contribution in [0.2, 0.25) is 5.02 Å². The zero-order valence-corrected chi connectivity index (χ0v) is 14.2. The average Bonchev–Trinajstić information content (AvgIpc) is 2.98. The lowest BCUT2D eigenvalue weighted by molar-refractivity contribution is 0.586. The first-order chi connectivity index (χ1) is 11.9. The molecule has 0 unspecified atom stereocenters. The predicted octanol–water partition coefficient (Wildman–Crippen LogP) is 3.11. The van der Waals surface area contributed by atoms with Crippen molar-refractivity contribution in [2.75, 3.05) is 5.32 Å². The first kappa shape index (κ1) is 17.0. The Morgan fingerprint density at radius 1 is 1.28 bits per heavy atom. The number of rotatable bonds is 4. The van der Waals surface area contributed by atoms with Gasteiger partial charge < -0.3 is 9.73 Å². The van der Waals surface area contributed by atoms with Gasteiger partial charge in [-0.15, -0.1) is 0 Å². The van der Waals surface area contributed by atoms with Crippen LogP contribution in [0.3, 0.4) is 0 Å². The smallest absolute Gasteiger partial charge is 0.239 e. The fourth-order valence-electron chi connectivity index (χ4n) is 2.05. The first-order valence-corrected chi connectivity index (χ1v) is 8.85. The van der Waals surface area contributed by atoms with Crippen molar-refractivity contribution in [1.29, 1.82) is 5.26 Å². The number of sulfonamides is 1. The molecule has 0 bridgehead atoms. The third kappa shape index (κ3) is 3.80. The monoisotopic (exact) mass is 374 g/mol. The summed E-state index contributed by atoms with van der Waals surface area (Å²) in [4.78, 5) is 4.22. The van der Waals surface area contributed by atoms with Crippen LogP contribution < -0.4 is 10.5 Å².